The smallest absolute Gasteiger partial charge is 0.342 e. The summed E-state index contributed by atoms with van der Waals surface area (Å²) in [5.41, 5.74) is 3.53. The summed E-state index contributed by atoms with van der Waals surface area (Å²) >= 11 is 0. The molecule has 0 saturated heterocycles. The van der Waals surface area contributed by atoms with Gasteiger partial charge in [-0.05, 0) is 58.7 Å². The summed E-state index contributed by atoms with van der Waals surface area (Å²) in [4.78, 5) is 13.1. The second-order valence-corrected chi connectivity index (χ2v) is 10.3. The number of sulfonamides is 1. The van der Waals surface area contributed by atoms with E-state index in [1.54, 1.807) is 40.7 Å². The van der Waals surface area contributed by atoms with Crippen LogP contribution in [0, 0.1) is 27.7 Å². The van der Waals surface area contributed by atoms with E-state index in [2.05, 4.69) is 4.72 Å². The number of nitrogens with one attached hydrogen (secondary N) is 1. The molecule has 3 aromatic carbocycles. The number of hydrogen-bond donors (Lipinski definition) is 1. The molecule has 0 atom stereocenters. The highest BCUT2D eigenvalue weighted by atomic mass is 32.2. The zero-order valence-corrected chi connectivity index (χ0v) is 20.4. The maximum atomic E-state index is 13.5. The van der Waals surface area contributed by atoms with Gasteiger partial charge in [0.25, 0.3) is 10.0 Å². The standard InChI is InChI=1S/C26H27NO5S/c1-14(2)31-26(28)23-18(6)32-24-20-10-8-7-9-19(20)22(13-21(23)24)27-33(29,30)25-16(4)11-15(3)12-17(25)5/h7-14,27H,1-6H3. The summed E-state index contributed by atoms with van der Waals surface area (Å²) in [6.45, 7) is 10.8. The molecule has 0 aliphatic heterocycles. The molecule has 6 nitrogen and oxygen atoms in total. The van der Waals surface area contributed by atoms with Crippen LogP contribution in [0.25, 0.3) is 21.7 Å². The molecule has 4 aromatic rings. The number of furan rings is 1. The molecule has 0 unspecified atom stereocenters. The lowest BCUT2D eigenvalue weighted by atomic mass is 10.0. The number of hydrogen-bond acceptors (Lipinski definition) is 5. The molecule has 33 heavy (non-hydrogen) atoms. The molecule has 0 aliphatic carbocycles. The minimum absolute atomic E-state index is 0.250. The van der Waals surface area contributed by atoms with Crippen LogP contribution < -0.4 is 4.72 Å². The van der Waals surface area contributed by atoms with Gasteiger partial charge in [0.15, 0.2) is 0 Å². The first-order valence-electron chi connectivity index (χ1n) is 10.8. The molecule has 0 fully saturated rings. The predicted octanol–water partition coefficient (Wildman–Crippen LogP) is 6.19. The number of anilines is 1. The molecular weight excluding hydrogens is 438 g/mol. The minimum atomic E-state index is -3.89. The van der Waals surface area contributed by atoms with Crippen LogP contribution in [0.15, 0.2) is 51.8 Å². The van der Waals surface area contributed by atoms with Crippen molar-refractivity contribution in [1.29, 1.82) is 0 Å². The monoisotopic (exact) mass is 465 g/mol. The fourth-order valence-corrected chi connectivity index (χ4v) is 5.96. The summed E-state index contributed by atoms with van der Waals surface area (Å²) in [7, 11) is -3.89. The lowest BCUT2D eigenvalue weighted by Gasteiger charge is -2.16. The molecule has 0 amide bonds. The Hall–Kier alpha value is -3.32. The molecule has 1 heterocycles. The molecule has 0 radical (unpaired) electrons. The van der Waals surface area contributed by atoms with Gasteiger partial charge in [0.2, 0.25) is 0 Å². The van der Waals surface area contributed by atoms with Gasteiger partial charge < -0.3 is 9.15 Å². The van der Waals surface area contributed by atoms with E-state index >= 15 is 0 Å². The Morgan fingerprint density at radius 1 is 0.939 bits per heavy atom. The molecule has 0 spiro atoms. The van der Waals surface area contributed by atoms with Crippen LogP contribution in [0.2, 0.25) is 0 Å². The van der Waals surface area contributed by atoms with Crippen molar-refractivity contribution in [1.82, 2.24) is 0 Å². The summed E-state index contributed by atoms with van der Waals surface area (Å²) in [6, 6.07) is 12.7. The number of benzene rings is 3. The Labute approximate surface area is 193 Å². The molecule has 0 aliphatic rings. The summed E-state index contributed by atoms with van der Waals surface area (Å²) in [5.74, 6) is -0.0819. The lowest BCUT2D eigenvalue weighted by molar-refractivity contribution is 0.0378. The van der Waals surface area contributed by atoms with E-state index in [0.717, 1.165) is 5.56 Å². The molecule has 1 N–H and O–H groups in total. The molecule has 7 heteroatoms. The van der Waals surface area contributed by atoms with Crippen LogP contribution >= 0.6 is 0 Å². The average Bonchev–Trinajstić information content (AvgIpc) is 3.02. The molecule has 0 bridgehead atoms. The van der Waals surface area contributed by atoms with Crippen LogP contribution in [-0.4, -0.2) is 20.5 Å². The summed E-state index contributed by atoms with van der Waals surface area (Å²) < 4.78 is 41.1. The third-order valence-corrected chi connectivity index (χ3v) is 7.21. The molecular formula is C26H27NO5S. The lowest BCUT2D eigenvalue weighted by Crippen LogP contribution is -2.16. The van der Waals surface area contributed by atoms with Crippen molar-refractivity contribution >= 4 is 43.4 Å². The fourth-order valence-electron chi connectivity index (χ4n) is 4.44. The van der Waals surface area contributed by atoms with Crippen LogP contribution in [0.5, 0.6) is 0 Å². The van der Waals surface area contributed by atoms with E-state index in [9.17, 15) is 13.2 Å². The summed E-state index contributed by atoms with van der Waals surface area (Å²) in [5, 5.41) is 1.89. The second kappa shape index (κ2) is 8.23. The number of esters is 1. The van der Waals surface area contributed by atoms with Crippen molar-refractivity contribution < 1.29 is 22.4 Å². The van der Waals surface area contributed by atoms with E-state index in [1.165, 1.54) is 0 Å². The van der Waals surface area contributed by atoms with Crippen LogP contribution in [0.4, 0.5) is 5.69 Å². The molecule has 4 rings (SSSR count). The van der Waals surface area contributed by atoms with E-state index in [0.29, 0.717) is 49.9 Å². The zero-order chi connectivity index (χ0) is 24.1. The van der Waals surface area contributed by atoms with Crippen LogP contribution in [-0.2, 0) is 14.8 Å². The van der Waals surface area contributed by atoms with E-state index in [4.69, 9.17) is 9.15 Å². The fraction of sp³-hybridized carbons (Fsp3) is 0.269. The highest BCUT2D eigenvalue weighted by Crippen LogP contribution is 2.38. The van der Waals surface area contributed by atoms with Crippen molar-refractivity contribution in [2.75, 3.05) is 4.72 Å². The maximum Gasteiger partial charge on any atom is 0.342 e. The number of aryl methyl sites for hydroxylation is 4. The Kier molecular flexibility index (Phi) is 5.70. The van der Waals surface area contributed by atoms with Crippen molar-refractivity contribution in [3.8, 4) is 0 Å². The first-order valence-corrected chi connectivity index (χ1v) is 12.2. The molecule has 0 saturated carbocycles. The maximum absolute atomic E-state index is 13.5. The highest BCUT2D eigenvalue weighted by molar-refractivity contribution is 7.92. The van der Waals surface area contributed by atoms with Gasteiger partial charge >= 0.3 is 5.97 Å². The third kappa shape index (κ3) is 4.09. The number of carbonyl (C=O) groups excluding carboxylic acids is 1. The molecule has 172 valence electrons. The van der Waals surface area contributed by atoms with E-state index in [1.807, 2.05) is 43.3 Å². The predicted molar refractivity (Wildman–Crippen MR) is 130 cm³/mol. The Bertz CT molecular complexity index is 1490. The van der Waals surface area contributed by atoms with Gasteiger partial charge in [-0.25, -0.2) is 13.2 Å². The van der Waals surface area contributed by atoms with Crippen LogP contribution in [0.1, 0.15) is 46.7 Å². The van der Waals surface area contributed by atoms with Crippen molar-refractivity contribution in [3.63, 3.8) is 0 Å². The topological polar surface area (TPSA) is 85.6 Å². The highest BCUT2D eigenvalue weighted by Gasteiger charge is 2.26. The normalized spacial score (nSPS) is 12.0. The second-order valence-electron chi connectivity index (χ2n) is 8.67. The number of fused-ring (bicyclic) bond motifs is 3. The third-order valence-electron chi connectivity index (χ3n) is 5.54. The molecule has 1 aromatic heterocycles. The Morgan fingerprint density at radius 2 is 1.55 bits per heavy atom. The van der Waals surface area contributed by atoms with Gasteiger partial charge in [-0.2, -0.15) is 0 Å². The summed E-state index contributed by atoms with van der Waals surface area (Å²) in [6.07, 6.45) is -0.298. The minimum Gasteiger partial charge on any atom is -0.460 e. The van der Waals surface area contributed by atoms with E-state index in [-0.39, 0.29) is 11.0 Å². The SMILES string of the molecule is Cc1cc(C)c(S(=O)(=O)Nc2cc3c(C(=O)OC(C)C)c(C)oc3c3ccccc23)c(C)c1. The Balaban J connectivity index is 1.95. The van der Waals surface area contributed by atoms with Gasteiger partial charge in [0, 0.05) is 16.2 Å². The first-order chi connectivity index (χ1) is 15.5. The number of carbonyl (C=O) groups is 1. The van der Waals surface area contributed by atoms with E-state index < -0.39 is 16.0 Å². The Morgan fingerprint density at radius 3 is 2.15 bits per heavy atom. The van der Waals surface area contributed by atoms with Crippen molar-refractivity contribution in [2.45, 2.75) is 52.5 Å². The first kappa shape index (κ1) is 22.9. The van der Waals surface area contributed by atoms with Gasteiger partial charge in [-0.15, -0.1) is 0 Å². The van der Waals surface area contributed by atoms with Gasteiger partial charge in [-0.1, -0.05) is 42.0 Å². The van der Waals surface area contributed by atoms with Crippen molar-refractivity contribution in [3.05, 3.63) is 70.5 Å². The van der Waals surface area contributed by atoms with Crippen molar-refractivity contribution in [2.24, 2.45) is 0 Å². The average molecular weight is 466 g/mol. The van der Waals surface area contributed by atoms with Gasteiger partial charge in [0.05, 0.1) is 16.7 Å². The number of ether oxygens (including phenoxy) is 1. The number of rotatable bonds is 5. The zero-order valence-electron chi connectivity index (χ0n) is 19.6. The van der Waals surface area contributed by atoms with Crippen LogP contribution in [0.3, 0.4) is 0 Å². The largest absolute Gasteiger partial charge is 0.460 e. The quantitative estimate of drug-likeness (QED) is 0.355. The van der Waals surface area contributed by atoms with Gasteiger partial charge in [-0.3, -0.25) is 4.72 Å². The van der Waals surface area contributed by atoms with Gasteiger partial charge in [0.1, 0.15) is 16.9 Å².